The van der Waals surface area contributed by atoms with E-state index in [1.165, 1.54) is 0 Å². The maximum absolute atomic E-state index is 11.1. The highest BCUT2D eigenvalue weighted by Gasteiger charge is 2.16. The zero-order valence-corrected chi connectivity index (χ0v) is 11.1. The minimum absolute atomic E-state index is 0.130. The van der Waals surface area contributed by atoms with Crippen LogP contribution in [0.3, 0.4) is 0 Å². The number of anilines is 1. The highest BCUT2D eigenvalue weighted by Crippen LogP contribution is 2.36. The van der Waals surface area contributed by atoms with Crippen LogP contribution in [0.25, 0.3) is 21.8 Å². The normalized spacial score (nSPS) is 11.2. The third-order valence-corrected chi connectivity index (χ3v) is 3.48. The molecule has 5 nitrogen and oxygen atoms in total. The molecule has 102 valence electrons. The van der Waals surface area contributed by atoms with Crippen LogP contribution in [0.2, 0.25) is 0 Å². The van der Waals surface area contributed by atoms with E-state index >= 15 is 0 Å². The van der Waals surface area contributed by atoms with Gasteiger partial charge in [-0.25, -0.2) is 4.98 Å². The van der Waals surface area contributed by atoms with Gasteiger partial charge < -0.3 is 15.4 Å². The molecule has 3 N–H and O–H groups in total. The van der Waals surface area contributed by atoms with Gasteiger partial charge in [0.15, 0.2) is 6.29 Å². The van der Waals surface area contributed by atoms with Crippen LogP contribution in [0.5, 0.6) is 5.88 Å². The lowest BCUT2D eigenvalue weighted by atomic mass is 10.1. The summed E-state index contributed by atoms with van der Waals surface area (Å²) < 4.78 is 1.73. The average molecular weight is 269 g/mol. The molecule has 3 aromatic rings. The van der Waals surface area contributed by atoms with Crippen molar-refractivity contribution >= 4 is 33.8 Å². The van der Waals surface area contributed by atoms with E-state index in [1.807, 2.05) is 6.92 Å². The molecule has 0 amide bonds. The molecule has 0 saturated carbocycles. The highest BCUT2D eigenvalue weighted by molar-refractivity contribution is 6.12. The van der Waals surface area contributed by atoms with Gasteiger partial charge in [0.2, 0.25) is 5.88 Å². The van der Waals surface area contributed by atoms with Gasteiger partial charge in [-0.05, 0) is 12.5 Å². The molecule has 0 bridgehead atoms. The fourth-order valence-corrected chi connectivity index (χ4v) is 2.54. The van der Waals surface area contributed by atoms with Crippen molar-refractivity contribution in [3.63, 3.8) is 0 Å². The van der Waals surface area contributed by atoms with Gasteiger partial charge in [-0.3, -0.25) is 4.79 Å². The van der Waals surface area contributed by atoms with Gasteiger partial charge in [-0.2, -0.15) is 0 Å². The Labute approximate surface area is 115 Å². The number of aromatic hydroxyl groups is 1. The van der Waals surface area contributed by atoms with Crippen molar-refractivity contribution < 1.29 is 9.90 Å². The van der Waals surface area contributed by atoms with E-state index in [-0.39, 0.29) is 5.88 Å². The van der Waals surface area contributed by atoms with E-state index < -0.39 is 0 Å². The first-order valence-electron chi connectivity index (χ1n) is 6.52. The number of carbonyl (C=O) groups excluding carboxylic acids is 1. The van der Waals surface area contributed by atoms with E-state index in [0.29, 0.717) is 39.6 Å². The molecule has 0 aliphatic rings. The van der Waals surface area contributed by atoms with Crippen molar-refractivity contribution in [1.82, 2.24) is 9.55 Å². The number of nitrogens with two attached hydrogens (primary N) is 1. The fourth-order valence-electron chi connectivity index (χ4n) is 2.54. The van der Waals surface area contributed by atoms with Gasteiger partial charge in [0.1, 0.15) is 0 Å². The van der Waals surface area contributed by atoms with Gasteiger partial charge >= 0.3 is 0 Å². The summed E-state index contributed by atoms with van der Waals surface area (Å²) in [5.74, 6) is 0.130. The lowest BCUT2D eigenvalue weighted by Gasteiger charge is -2.05. The minimum Gasteiger partial charge on any atom is -0.494 e. The summed E-state index contributed by atoms with van der Waals surface area (Å²) in [6.45, 7) is 2.72. The molecular weight excluding hydrogens is 254 g/mol. The standard InChI is InChI=1S/C15H15N3O2/c1-2-6-18-7-11-12(15(18)20)13(16)10-5-3-4-9(8-19)14(10)17-11/h3-5,7-8,20H,2,6,16H2,1H3. The third kappa shape index (κ3) is 1.63. The number of fused-ring (bicyclic) bond motifs is 2. The van der Waals surface area contributed by atoms with Crippen LogP contribution < -0.4 is 5.73 Å². The van der Waals surface area contributed by atoms with E-state index in [0.717, 1.165) is 12.7 Å². The number of carbonyl (C=O) groups is 1. The molecule has 0 saturated heterocycles. The average Bonchev–Trinajstić information content (AvgIpc) is 2.76. The number of aryl methyl sites for hydroxylation is 1. The second-order valence-corrected chi connectivity index (χ2v) is 4.79. The van der Waals surface area contributed by atoms with Crippen molar-refractivity contribution in [2.45, 2.75) is 19.9 Å². The molecule has 0 aliphatic carbocycles. The number of hydrogen-bond donors (Lipinski definition) is 2. The van der Waals surface area contributed by atoms with Crippen molar-refractivity contribution in [3.05, 3.63) is 30.0 Å². The van der Waals surface area contributed by atoms with Gasteiger partial charge in [-0.1, -0.05) is 19.1 Å². The van der Waals surface area contributed by atoms with Crippen molar-refractivity contribution in [1.29, 1.82) is 0 Å². The fraction of sp³-hybridized carbons (Fsp3) is 0.200. The summed E-state index contributed by atoms with van der Waals surface area (Å²) in [4.78, 5) is 15.6. The number of pyridine rings is 1. The molecular formula is C15H15N3O2. The molecule has 5 heteroatoms. The molecule has 0 fully saturated rings. The van der Waals surface area contributed by atoms with E-state index in [2.05, 4.69) is 4.98 Å². The molecule has 0 unspecified atom stereocenters. The summed E-state index contributed by atoms with van der Waals surface area (Å²) in [7, 11) is 0. The lowest BCUT2D eigenvalue weighted by Crippen LogP contribution is -1.94. The van der Waals surface area contributed by atoms with Crippen molar-refractivity contribution in [3.8, 4) is 5.88 Å². The molecule has 2 heterocycles. The first-order chi connectivity index (χ1) is 9.67. The van der Waals surface area contributed by atoms with E-state index in [9.17, 15) is 9.90 Å². The molecule has 3 rings (SSSR count). The second kappa shape index (κ2) is 4.52. The predicted octanol–water partition coefficient (Wildman–Crippen LogP) is 2.70. The minimum atomic E-state index is 0.130. The molecule has 0 spiro atoms. The zero-order valence-electron chi connectivity index (χ0n) is 11.1. The summed E-state index contributed by atoms with van der Waals surface area (Å²) in [6, 6.07) is 5.27. The predicted molar refractivity (Wildman–Crippen MR) is 79.0 cm³/mol. The van der Waals surface area contributed by atoms with Crippen LogP contribution in [0.1, 0.15) is 23.7 Å². The van der Waals surface area contributed by atoms with Crippen LogP contribution >= 0.6 is 0 Å². The number of aldehydes is 1. The van der Waals surface area contributed by atoms with Crippen LogP contribution in [0, 0.1) is 0 Å². The molecule has 0 atom stereocenters. The summed E-state index contributed by atoms with van der Waals surface area (Å²) in [6.07, 6.45) is 3.43. The Kier molecular flexibility index (Phi) is 2.82. The molecule has 0 radical (unpaired) electrons. The van der Waals surface area contributed by atoms with Crippen molar-refractivity contribution in [2.75, 3.05) is 5.73 Å². The molecule has 20 heavy (non-hydrogen) atoms. The monoisotopic (exact) mass is 269 g/mol. The molecule has 0 aliphatic heterocycles. The Hall–Kier alpha value is -2.56. The Morgan fingerprint density at radius 3 is 2.95 bits per heavy atom. The largest absolute Gasteiger partial charge is 0.494 e. The summed E-state index contributed by atoms with van der Waals surface area (Å²) in [5.41, 5.74) is 8.29. The van der Waals surface area contributed by atoms with Gasteiger partial charge in [0.05, 0.1) is 22.1 Å². The van der Waals surface area contributed by atoms with Crippen LogP contribution in [0.4, 0.5) is 5.69 Å². The smallest absolute Gasteiger partial charge is 0.202 e. The quantitative estimate of drug-likeness (QED) is 0.716. The van der Waals surface area contributed by atoms with Crippen LogP contribution in [-0.2, 0) is 6.54 Å². The number of hydrogen-bond acceptors (Lipinski definition) is 4. The van der Waals surface area contributed by atoms with E-state index in [1.54, 1.807) is 29.0 Å². The Balaban J connectivity index is 2.44. The number of nitrogens with zero attached hydrogens (tertiary/aromatic N) is 2. The van der Waals surface area contributed by atoms with E-state index in [4.69, 9.17) is 5.73 Å². The van der Waals surface area contributed by atoms with Crippen molar-refractivity contribution in [2.24, 2.45) is 0 Å². The second-order valence-electron chi connectivity index (χ2n) is 4.79. The first-order valence-corrected chi connectivity index (χ1v) is 6.52. The number of para-hydroxylation sites is 1. The van der Waals surface area contributed by atoms with Gasteiger partial charge in [-0.15, -0.1) is 0 Å². The van der Waals surface area contributed by atoms with Crippen LogP contribution in [-0.4, -0.2) is 20.9 Å². The Morgan fingerprint density at radius 1 is 1.45 bits per heavy atom. The third-order valence-electron chi connectivity index (χ3n) is 3.48. The van der Waals surface area contributed by atoms with Gasteiger partial charge in [0, 0.05) is 23.7 Å². The lowest BCUT2D eigenvalue weighted by molar-refractivity contribution is 0.112. The maximum Gasteiger partial charge on any atom is 0.202 e. The topological polar surface area (TPSA) is 81.1 Å². The molecule has 1 aromatic carbocycles. The Bertz CT molecular complexity index is 821. The number of rotatable bonds is 3. The highest BCUT2D eigenvalue weighted by atomic mass is 16.3. The van der Waals surface area contributed by atoms with Gasteiger partial charge in [0.25, 0.3) is 0 Å². The maximum atomic E-state index is 11.1. The van der Waals surface area contributed by atoms with Crippen LogP contribution in [0.15, 0.2) is 24.4 Å². The number of aromatic nitrogens is 2. The molecule has 2 aromatic heterocycles. The zero-order chi connectivity index (χ0) is 14.3. The summed E-state index contributed by atoms with van der Waals surface area (Å²) >= 11 is 0. The Morgan fingerprint density at radius 2 is 2.25 bits per heavy atom. The summed E-state index contributed by atoms with van der Waals surface area (Å²) in [5, 5.41) is 11.5. The first kappa shape index (κ1) is 12.5. The number of benzene rings is 1. The number of nitrogen functional groups attached to an aromatic ring is 1. The SMILES string of the molecule is CCCn1cc2nc3c(C=O)cccc3c(N)c2c1O.